The van der Waals surface area contributed by atoms with Crippen molar-refractivity contribution in [2.24, 2.45) is 11.7 Å². The van der Waals surface area contributed by atoms with Crippen LogP contribution >= 0.6 is 0 Å². The lowest BCUT2D eigenvalue weighted by atomic mass is 10.0. The van der Waals surface area contributed by atoms with Gasteiger partial charge in [0.05, 0.1) is 0 Å². The van der Waals surface area contributed by atoms with Crippen molar-refractivity contribution in [1.82, 2.24) is 24.5 Å². The zero-order valence-corrected chi connectivity index (χ0v) is 13.9. The Morgan fingerprint density at radius 1 is 1.36 bits per heavy atom. The maximum atomic E-state index is 12.4. The fourth-order valence-corrected chi connectivity index (χ4v) is 2.21. The average molecular weight is 304 g/mol. The zero-order chi connectivity index (χ0) is 16.4. The number of rotatable bonds is 5. The van der Waals surface area contributed by atoms with Gasteiger partial charge in [-0.15, -0.1) is 5.10 Å². The number of hydrogen-bond donors (Lipinski definition) is 1. The summed E-state index contributed by atoms with van der Waals surface area (Å²) in [5.74, 6) is 0.806. The van der Waals surface area contributed by atoms with Gasteiger partial charge in [0.15, 0.2) is 0 Å². The number of carbonyl (C=O) groups is 1. The zero-order valence-electron chi connectivity index (χ0n) is 13.9. The summed E-state index contributed by atoms with van der Waals surface area (Å²) < 4.78 is 1.59. The van der Waals surface area contributed by atoms with Crippen LogP contribution in [0.3, 0.4) is 0 Å². The van der Waals surface area contributed by atoms with E-state index in [0.717, 1.165) is 17.8 Å². The average Bonchev–Trinajstić information content (AvgIpc) is 2.87. The third kappa shape index (κ3) is 3.41. The molecule has 1 unspecified atom stereocenters. The van der Waals surface area contributed by atoms with Gasteiger partial charge in [0.2, 0.25) is 5.82 Å². The summed E-state index contributed by atoms with van der Waals surface area (Å²) in [5.41, 5.74) is 7.77. The van der Waals surface area contributed by atoms with Crippen molar-refractivity contribution in [1.29, 1.82) is 0 Å². The Labute approximate surface area is 130 Å². The first-order valence-electron chi connectivity index (χ1n) is 7.51. The van der Waals surface area contributed by atoms with Crippen LogP contribution in [-0.4, -0.2) is 50.0 Å². The Morgan fingerprint density at radius 3 is 2.68 bits per heavy atom. The number of amides is 1. The lowest BCUT2D eigenvalue weighted by Gasteiger charge is -2.20. The molecule has 0 radical (unpaired) electrons. The second-order valence-electron chi connectivity index (χ2n) is 6.11. The summed E-state index contributed by atoms with van der Waals surface area (Å²) in [6.07, 6.45) is 0.754. The van der Waals surface area contributed by atoms with Gasteiger partial charge >= 0.3 is 0 Å². The van der Waals surface area contributed by atoms with Crippen LogP contribution in [0, 0.1) is 19.8 Å². The minimum atomic E-state index is -0.210. The van der Waals surface area contributed by atoms with Crippen molar-refractivity contribution in [2.45, 2.75) is 40.2 Å². The molecule has 7 heteroatoms. The molecule has 1 amide bonds. The highest BCUT2D eigenvalue weighted by atomic mass is 16.2. The van der Waals surface area contributed by atoms with Crippen LogP contribution in [0.15, 0.2) is 6.07 Å². The Bertz CT molecular complexity index is 678. The molecule has 2 aromatic rings. The normalized spacial score (nSPS) is 12.9. The van der Waals surface area contributed by atoms with Gasteiger partial charge in [-0.1, -0.05) is 13.8 Å². The molecule has 0 saturated carbocycles. The predicted molar refractivity (Wildman–Crippen MR) is 84.6 cm³/mol. The largest absolute Gasteiger partial charge is 0.339 e. The summed E-state index contributed by atoms with van der Waals surface area (Å²) in [6.45, 7) is 8.54. The third-order valence-electron chi connectivity index (χ3n) is 3.81. The van der Waals surface area contributed by atoms with Gasteiger partial charge in [-0.25, -0.2) is 9.50 Å². The number of hydrogen-bond acceptors (Lipinski definition) is 5. The molecule has 0 spiro atoms. The monoisotopic (exact) mass is 304 g/mol. The molecule has 2 heterocycles. The highest BCUT2D eigenvalue weighted by molar-refractivity contribution is 5.90. The van der Waals surface area contributed by atoms with Gasteiger partial charge in [-0.2, -0.15) is 4.98 Å². The van der Waals surface area contributed by atoms with Gasteiger partial charge in [-0.05, 0) is 32.3 Å². The number of aryl methyl sites for hydroxylation is 2. The van der Waals surface area contributed by atoms with Gasteiger partial charge in [0.25, 0.3) is 11.7 Å². The summed E-state index contributed by atoms with van der Waals surface area (Å²) in [4.78, 5) is 22.6. The molecule has 7 nitrogen and oxygen atoms in total. The molecule has 0 aliphatic heterocycles. The quantitative estimate of drug-likeness (QED) is 0.896. The van der Waals surface area contributed by atoms with Gasteiger partial charge in [0.1, 0.15) is 0 Å². The Morgan fingerprint density at radius 2 is 2.05 bits per heavy atom. The van der Waals surface area contributed by atoms with Crippen LogP contribution in [0.25, 0.3) is 5.78 Å². The standard InChI is InChI=1S/C15H24N6O/c1-9(2)12(16)6-7-20(5)14(22)13-18-15-17-10(3)8-11(4)21(15)19-13/h8-9,12H,6-7,16H2,1-5H3. The first-order valence-corrected chi connectivity index (χ1v) is 7.51. The molecule has 22 heavy (non-hydrogen) atoms. The first-order chi connectivity index (χ1) is 10.3. The third-order valence-corrected chi connectivity index (χ3v) is 3.81. The highest BCUT2D eigenvalue weighted by Crippen LogP contribution is 2.08. The van der Waals surface area contributed by atoms with Crippen LogP contribution in [0.1, 0.15) is 42.3 Å². The molecule has 2 N–H and O–H groups in total. The van der Waals surface area contributed by atoms with Crippen LogP contribution in [-0.2, 0) is 0 Å². The van der Waals surface area contributed by atoms with Gasteiger partial charge < -0.3 is 10.6 Å². The van der Waals surface area contributed by atoms with Gasteiger partial charge in [0, 0.05) is 31.0 Å². The lowest BCUT2D eigenvalue weighted by Crippen LogP contribution is -2.35. The van der Waals surface area contributed by atoms with Crippen molar-refractivity contribution >= 4 is 11.7 Å². The molecule has 2 rings (SSSR count). The summed E-state index contributed by atoms with van der Waals surface area (Å²) in [5, 5.41) is 4.26. The Balaban J connectivity index is 2.14. The molecule has 0 bridgehead atoms. The maximum Gasteiger partial charge on any atom is 0.293 e. The first kappa shape index (κ1) is 16.4. The molecule has 0 aliphatic carbocycles. The number of nitrogens with zero attached hydrogens (tertiary/aromatic N) is 5. The Hall–Kier alpha value is -2.02. The van der Waals surface area contributed by atoms with Crippen molar-refractivity contribution < 1.29 is 4.79 Å². The molecule has 0 aliphatic rings. The van der Waals surface area contributed by atoms with E-state index in [1.165, 1.54) is 0 Å². The van der Waals surface area contributed by atoms with E-state index < -0.39 is 0 Å². The van der Waals surface area contributed by atoms with Crippen LogP contribution in [0.4, 0.5) is 0 Å². The van der Waals surface area contributed by atoms with Crippen molar-refractivity contribution in [3.05, 3.63) is 23.3 Å². The number of carbonyl (C=O) groups excluding carboxylic acids is 1. The summed E-state index contributed by atoms with van der Waals surface area (Å²) in [6, 6.07) is 1.98. The molecule has 1 atom stereocenters. The van der Waals surface area contributed by atoms with E-state index in [-0.39, 0.29) is 17.8 Å². The smallest absolute Gasteiger partial charge is 0.293 e. The number of aromatic nitrogens is 4. The maximum absolute atomic E-state index is 12.4. The lowest BCUT2D eigenvalue weighted by molar-refractivity contribution is 0.0777. The minimum absolute atomic E-state index is 0.0795. The predicted octanol–water partition coefficient (Wildman–Crippen LogP) is 1.19. The highest BCUT2D eigenvalue weighted by Gasteiger charge is 2.19. The summed E-state index contributed by atoms with van der Waals surface area (Å²) in [7, 11) is 1.74. The molecule has 0 aromatic carbocycles. The second kappa shape index (κ2) is 6.39. The van der Waals surface area contributed by atoms with E-state index in [4.69, 9.17) is 5.73 Å². The molecule has 0 saturated heterocycles. The van der Waals surface area contributed by atoms with E-state index in [9.17, 15) is 4.79 Å². The molecule has 0 fully saturated rings. The fourth-order valence-electron chi connectivity index (χ4n) is 2.21. The van der Waals surface area contributed by atoms with E-state index in [0.29, 0.717) is 18.2 Å². The van der Waals surface area contributed by atoms with E-state index in [2.05, 4.69) is 28.9 Å². The summed E-state index contributed by atoms with van der Waals surface area (Å²) >= 11 is 0. The number of nitrogens with two attached hydrogens (primary N) is 1. The molecular weight excluding hydrogens is 280 g/mol. The molecule has 120 valence electrons. The van der Waals surface area contributed by atoms with Crippen LogP contribution in [0.2, 0.25) is 0 Å². The second-order valence-corrected chi connectivity index (χ2v) is 6.11. The topological polar surface area (TPSA) is 89.4 Å². The molecule has 2 aromatic heterocycles. The van der Waals surface area contributed by atoms with E-state index in [1.807, 2.05) is 19.9 Å². The minimum Gasteiger partial charge on any atom is -0.339 e. The van der Waals surface area contributed by atoms with Crippen molar-refractivity contribution in [3.8, 4) is 0 Å². The van der Waals surface area contributed by atoms with Gasteiger partial charge in [-0.3, -0.25) is 4.79 Å². The molecular formula is C15H24N6O. The van der Waals surface area contributed by atoms with Crippen LogP contribution < -0.4 is 5.73 Å². The fraction of sp³-hybridized carbons (Fsp3) is 0.600. The van der Waals surface area contributed by atoms with E-state index >= 15 is 0 Å². The van der Waals surface area contributed by atoms with Crippen molar-refractivity contribution in [2.75, 3.05) is 13.6 Å². The Kier molecular flexibility index (Phi) is 4.75. The SMILES string of the molecule is Cc1cc(C)n2nc(C(=O)N(C)CCC(N)C(C)C)nc2n1. The van der Waals surface area contributed by atoms with E-state index in [1.54, 1.807) is 16.5 Å². The van der Waals surface area contributed by atoms with Crippen molar-refractivity contribution in [3.63, 3.8) is 0 Å². The van der Waals surface area contributed by atoms with Crippen LogP contribution in [0.5, 0.6) is 0 Å². The number of fused-ring (bicyclic) bond motifs is 1.